The molecule has 0 amide bonds. The molecule has 0 N–H and O–H groups in total. The molecule has 2 aromatic heterocycles. The minimum absolute atomic E-state index is 1.17. The van der Waals surface area contributed by atoms with Crippen LogP contribution in [0.4, 0.5) is 0 Å². The van der Waals surface area contributed by atoms with Crippen molar-refractivity contribution in [2.24, 2.45) is 0 Å². The van der Waals surface area contributed by atoms with Gasteiger partial charge in [-0.2, -0.15) is 0 Å². The van der Waals surface area contributed by atoms with Gasteiger partial charge in [-0.15, -0.1) is 0 Å². The van der Waals surface area contributed by atoms with Gasteiger partial charge in [0.1, 0.15) is 0 Å². The number of benzene rings is 5. The summed E-state index contributed by atoms with van der Waals surface area (Å²) >= 11 is 0. The van der Waals surface area contributed by atoms with Crippen LogP contribution in [0.25, 0.3) is 55.4 Å². The number of hydrogen-bond acceptors (Lipinski definition) is 0. The Labute approximate surface area is 210 Å². The maximum atomic E-state index is 2.33. The molecule has 0 saturated carbocycles. The van der Waals surface area contributed by atoms with Crippen LogP contribution in [0.15, 0.2) is 146 Å². The molecule has 0 fully saturated rings. The van der Waals surface area contributed by atoms with E-state index in [1.807, 2.05) is 0 Å². The number of hydrogen-bond donors (Lipinski definition) is 0. The standard InChI is InChI=1S/C34H24N2/c1-3-14-27(15-4-1)35-23-31(29-18-7-9-20-33(29)35)25-12-11-13-26(22-25)32-24-36(28-16-5-2-6-17-28)34-21-10-8-19-30(32)34/h1-24H. The summed E-state index contributed by atoms with van der Waals surface area (Å²) in [7, 11) is 0. The molecule has 0 atom stereocenters. The lowest BCUT2D eigenvalue weighted by atomic mass is 9.98. The minimum atomic E-state index is 1.17. The van der Waals surface area contributed by atoms with Gasteiger partial charge in [0.05, 0.1) is 11.0 Å². The Hall–Kier alpha value is -4.82. The van der Waals surface area contributed by atoms with Crippen molar-refractivity contribution in [3.05, 3.63) is 146 Å². The predicted octanol–water partition coefficient (Wildman–Crippen LogP) is 8.91. The number of rotatable bonds is 4. The van der Waals surface area contributed by atoms with Crippen LogP contribution >= 0.6 is 0 Å². The van der Waals surface area contributed by atoms with E-state index in [1.165, 1.54) is 55.4 Å². The lowest BCUT2D eigenvalue weighted by molar-refractivity contribution is 1.13. The summed E-state index contributed by atoms with van der Waals surface area (Å²) in [6.07, 6.45) is 4.54. The van der Waals surface area contributed by atoms with Crippen molar-refractivity contribution in [2.45, 2.75) is 0 Å². The third-order valence-electron chi connectivity index (χ3n) is 6.98. The molecule has 2 nitrogen and oxygen atoms in total. The second-order valence-electron chi connectivity index (χ2n) is 9.11. The smallest absolute Gasteiger partial charge is 0.0534 e. The minimum Gasteiger partial charge on any atom is -0.316 e. The van der Waals surface area contributed by atoms with Gasteiger partial charge >= 0.3 is 0 Å². The fourth-order valence-corrected chi connectivity index (χ4v) is 5.28. The highest BCUT2D eigenvalue weighted by Gasteiger charge is 2.15. The Bertz CT molecular complexity index is 1690. The first-order chi connectivity index (χ1) is 17.9. The van der Waals surface area contributed by atoms with Crippen molar-refractivity contribution < 1.29 is 0 Å². The molecule has 7 rings (SSSR count). The van der Waals surface area contributed by atoms with Gasteiger partial charge in [0.25, 0.3) is 0 Å². The Morgan fingerprint density at radius 1 is 0.361 bits per heavy atom. The molecule has 0 saturated heterocycles. The van der Waals surface area contributed by atoms with Crippen molar-refractivity contribution in [3.63, 3.8) is 0 Å². The van der Waals surface area contributed by atoms with Crippen LogP contribution in [-0.4, -0.2) is 9.13 Å². The molecule has 7 aromatic rings. The van der Waals surface area contributed by atoms with Gasteiger partial charge in [0.15, 0.2) is 0 Å². The van der Waals surface area contributed by atoms with Gasteiger partial charge in [-0.25, -0.2) is 0 Å². The van der Waals surface area contributed by atoms with Crippen LogP contribution in [-0.2, 0) is 0 Å². The van der Waals surface area contributed by atoms with Crippen molar-refractivity contribution in [1.29, 1.82) is 0 Å². The van der Waals surface area contributed by atoms with Gasteiger partial charge in [0, 0.05) is 45.7 Å². The van der Waals surface area contributed by atoms with Crippen molar-refractivity contribution in [1.82, 2.24) is 9.13 Å². The monoisotopic (exact) mass is 460 g/mol. The van der Waals surface area contributed by atoms with Crippen LogP contribution in [0.3, 0.4) is 0 Å². The highest BCUT2D eigenvalue weighted by molar-refractivity contribution is 6.00. The van der Waals surface area contributed by atoms with Gasteiger partial charge in [-0.05, 0) is 53.6 Å². The third-order valence-corrected chi connectivity index (χ3v) is 6.98. The van der Waals surface area contributed by atoms with E-state index in [0.717, 1.165) is 0 Å². The van der Waals surface area contributed by atoms with E-state index >= 15 is 0 Å². The highest BCUT2D eigenvalue weighted by atomic mass is 15.0. The fraction of sp³-hybridized carbons (Fsp3) is 0. The van der Waals surface area contributed by atoms with Crippen LogP contribution in [0.1, 0.15) is 0 Å². The molecule has 0 spiro atoms. The third kappa shape index (κ3) is 3.35. The van der Waals surface area contributed by atoms with Gasteiger partial charge in [-0.1, -0.05) is 91.0 Å². The van der Waals surface area contributed by atoms with E-state index in [-0.39, 0.29) is 0 Å². The highest BCUT2D eigenvalue weighted by Crippen LogP contribution is 2.37. The van der Waals surface area contributed by atoms with Crippen LogP contribution in [0.2, 0.25) is 0 Å². The average Bonchev–Trinajstić information content (AvgIpc) is 3.54. The molecule has 2 heterocycles. The SMILES string of the molecule is c1ccc(-n2cc(-c3cccc(-c4cn(-c5ccccc5)c5ccccc45)c3)c3ccccc32)cc1. The largest absolute Gasteiger partial charge is 0.316 e. The summed E-state index contributed by atoms with van der Waals surface area (Å²) in [5.41, 5.74) is 9.68. The average molecular weight is 461 g/mol. The van der Waals surface area contributed by atoms with E-state index in [0.29, 0.717) is 0 Å². The maximum Gasteiger partial charge on any atom is 0.0534 e. The van der Waals surface area contributed by atoms with E-state index < -0.39 is 0 Å². The van der Waals surface area contributed by atoms with Crippen LogP contribution in [0, 0.1) is 0 Å². The Morgan fingerprint density at radius 2 is 0.778 bits per heavy atom. The number of aromatic nitrogens is 2. The normalized spacial score (nSPS) is 11.3. The molecule has 0 aliphatic carbocycles. The zero-order chi connectivity index (χ0) is 23.9. The Kier molecular flexibility index (Phi) is 4.82. The number of para-hydroxylation sites is 4. The molecule has 0 aliphatic heterocycles. The summed E-state index contributed by atoms with van der Waals surface area (Å²) in [6.45, 7) is 0. The van der Waals surface area contributed by atoms with E-state index in [2.05, 4.69) is 155 Å². The molecule has 0 unspecified atom stereocenters. The van der Waals surface area contributed by atoms with Crippen molar-refractivity contribution in [3.8, 4) is 33.6 Å². The first kappa shape index (κ1) is 20.5. The lowest BCUT2D eigenvalue weighted by Crippen LogP contribution is -1.90. The number of fused-ring (bicyclic) bond motifs is 2. The second-order valence-corrected chi connectivity index (χ2v) is 9.11. The summed E-state index contributed by atoms with van der Waals surface area (Å²) in [5, 5.41) is 2.51. The van der Waals surface area contributed by atoms with Crippen molar-refractivity contribution >= 4 is 21.8 Å². The lowest BCUT2D eigenvalue weighted by Gasteiger charge is -2.05. The summed E-state index contributed by atoms with van der Waals surface area (Å²) in [4.78, 5) is 0. The molecule has 5 aromatic carbocycles. The zero-order valence-corrected chi connectivity index (χ0v) is 19.8. The summed E-state index contributed by atoms with van der Waals surface area (Å²) in [5.74, 6) is 0. The summed E-state index contributed by atoms with van der Waals surface area (Å²) < 4.78 is 4.58. The Morgan fingerprint density at radius 3 is 1.25 bits per heavy atom. The maximum absolute atomic E-state index is 2.33. The van der Waals surface area contributed by atoms with Gasteiger partial charge in [-0.3, -0.25) is 0 Å². The quantitative estimate of drug-likeness (QED) is 0.248. The van der Waals surface area contributed by atoms with Gasteiger partial charge < -0.3 is 9.13 Å². The molecule has 170 valence electrons. The molecule has 0 bridgehead atoms. The molecule has 2 heteroatoms. The van der Waals surface area contributed by atoms with E-state index in [4.69, 9.17) is 0 Å². The van der Waals surface area contributed by atoms with Crippen LogP contribution < -0.4 is 0 Å². The molecule has 36 heavy (non-hydrogen) atoms. The van der Waals surface area contributed by atoms with Gasteiger partial charge in [0.2, 0.25) is 0 Å². The topological polar surface area (TPSA) is 9.86 Å². The van der Waals surface area contributed by atoms with E-state index in [1.54, 1.807) is 0 Å². The zero-order valence-electron chi connectivity index (χ0n) is 19.8. The molecular weight excluding hydrogens is 436 g/mol. The number of nitrogens with zero attached hydrogens (tertiary/aromatic N) is 2. The Balaban J connectivity index is 1.41. The van der Waals surface area contributed by atoms with Crippen LogP contribution in [0.5, 0.6) is 0 Å². The van der Waals surface area contributed by atoms with E-state index in [9.17, 15) is 0 Å². The molecule has 0 radical (unpaired) electrons. The first-order valence-corrected chi connectivity index (χ1v) is 12.3. The predicted molar refractivity (Wildman–Crippen MR) is 151 cm³/mol. The second kappa shape index (κ2) is 8.44. The van der Waals surface area contributed by atoms with Crippen molar-refractivity contribution in [2.75, 3.05) is 0 Å². The molecule has 0 aliphatic rings. The summed E-state index contributed by atoms with van der Waals surface area (Å²) in [6, 6.07) is 47.4. The molecular formula is C34H24N2. The fourth-order valence-electron chi connectivity index (χ4n) is 5.28. The first-order valence-electron chi connectivity index (χ1n) is 12.3.